The van der Waals surface area contributed by atoms with E-state index in [1.54, 1.807) is 12.1 Å². The molecule has 1 N–H and O–H groups in total. The molecule has 0 bridgehead atoms. The van der Waals surface area contributed by atoms with E-state index in [1.165, 1.54) is 12.1 Å². The summed E-state index contributed by atoms with van der Waals surface area (Å²) in [6.07, 6.45) is 3.75. The molecular weight excluding hydrogens is 485 g/mol. The Labute approximate surface area is 215 Å². The molecule has 0 aromatic heterocycles. The van der Waals surface area contributed by atoms with Gasteiger partial charge in [-0.05, 0) is 88.6 Å². The molecule has 8 heteroatoms. The van der Waals surface area contributed by atoms with Crippen molar-refractivity contribution in [2.75, 3.05) is 9.80 Å². The van der Waals surface area contributed by atoms with E-state index in [0.29, 0.717) is 5.56 Å². The molecule has 1 saturated heterocycles. The Morgan fingerprint density at radius 1 is 1.03 bits per heavy atom. The number of imide groups is 2. The van der Waals surface area contributed by atoms with Gasteiger partial charge in [-0.2, -0.15) is 0 Å². The number of allylic oxidation sites excluding steroid dienone is 1. The topological polar surface area (TPSA) is 69.7 Å². The number of hydrogen-bond acceptors (Lipinski definition) is 4. The second kappa shape index (κ2) is 8.85. The van der Waals surface area contributed by atoms with Crippen molar-refractivity contribution in [1.29, 1.82) is 0 Å². The van der Waals surface area contributed by atoms with E-state index in [4.69, 9.17) is 23.2 Å². The first-order valence-corrected chi connectivity index (χ1v) is 12.1. The molecule has 6 nitrogen and oxygen atoms in total. The SMILES string of the molecule is CC1=CC(C)(C)N(C(C)C)c2cc(C)c(/C=C3\C(=O)NC(=O)N(c4cccc(Cl)c4Cl)C3=O)cc21. The van der Waals surface area contributed by atoms with Crippen LogP contribution < -0.4 is 15.1 Å². The highest BCUT2D eigenvalue weighted by Crippen LogP contribution is 2.42. The van der Waals surface area contributed by atoms with Crippen LogP contribution in [0.2, 0.25) is 10.0 Å². The summed E-state index contributed by atoms with van der Waals surface area (Å²) in [4.78, 5) is 41.8. The molecule has 0 spiro atoms. The standard InChI is InChI=1S/C27H27Cl2N3O3/c1-14(2)32-22-10-15(3)17(11-18(22)16(4)13-27(32,5)6)12-19-24(33)30-26(35)31(25(19)34)21-9-7-8-20(28)23(21)29/h7-14H,1-6H3,(H,30,33,35)/b19-12+. The van der Waals surface area contributed by atoms with Crippen LogP contribution in [0.15, 0.2) is 42.0 Å². The third-order valence-corrected chi connectivity index (χ3v) is 7.16. The lowest BCUT2D eigenvalue weighted by atomic mass is 9.85. The average molecular weight is 512 g/mol. The molecule has 0 atom stereocenters. The molecular formula is C27H27Cl2N3O3. The predicted octanol–water partition coefficient (Wildman–Crippen LogP) is 6.38. The number of carbonyl (C=O) groups is 3. The van der Waals surface area contributed by atoms with Gasteiger partial charge < -0.3 is 4.90 Å². The Bertz CT molecular complexity index is 1340. The number of aryl methyl sites for hydroxylation is 1. The van der Waals surface area contributed by atoms with Gasteiger partial charge in [0.15, 0.2) is 0 Å². The number of fused-ring (bicyclic) bond motifs is 1. The second-order valence-corrected chi connectivity index (χ2v) is 10.5. The van der Waals surface area contributed by atoms with Crippen molar-refractivity contribution in [2.24, 2.45) is 0 Å². The number of anilines is 2. The van der Waals surface area contributed by atoms with Crippen LogP contribution in [-0.2, 0) is 9.59 Å². The summed E-state index contributed by atoms with van der Waals surface area (Å²) in [5.41, 5.74) is 4.65. The zero-order valence-electron chi connectivity index (χ0n) is 20.5. The molecule has 1 fully saturated rings. The maximum atomic E-state index is 13.4. The zero-order valence-corrected chi connectivity index (χ0v) is 22.0. The van der Waals surface area contributed by atoms with Gasteiger partial charge in [-0.15, -0.1) is 0 Å². The minimum Gasteiger partial charge on any atom is -0.360 e. The first kappa shape index (κ1) is 25.0. The van der Waals surface area contributed by atoms with E-state index < -0.39 is 17.8 Å². The number of rotatable bonds is 3. The van der Waals surface area contributed by atoms with Crippen LogP contribution in [0.5, 0.6) is 0 Å². The number of urea groups is 1. The molecule has 2 heterocycles. The minimum atomic E-state index is -0.878. The molecule has 2 aliphatic heterocycles. The van der Waals surface area contributed by atoms with Crippen molar-refractivity contribution in [3.05, 3.63) is 68.7 Å². The van der Waals surface area contributed by atoms with Gasteiger partial charge in [0.25, 0.3) is 11.8 Å². The highest BCUT2D eigenvalue weighted by Gasteiger charge is 2.38. The predicted molar refractivity (Wildman–Crippen MR) is 142 cm³/mol. The van der Waals surface area contributed by atoms with Gasteiger partial charge >= 0.3 is 6.03 Å². The molecule has 0 radical (unpaired) electrons. The number of halogens is 2. The molecule has 4 amide bonds. The fraction of sp³-hybridized carbons (Fsp3) is 0.296. The van der Waals surface area contributed by atoms with Gasteiger partial charge in [-0.1, -0.05) is 35.3 Å². The lowest BCUT2D eigenvalue weighted by Crippen LogP contribution is -2.54. The van der Waals surface area contributed by atoms with E-state index in [2.05, 4.69) is 57.0 Å². The normalized spacial score (nSPS) is 18.7. The van der Waals surface area contributed by atoms with Crippen LogP contribution in [0.4, 0.5) is 16.2 Å². The Kier molecular flexibility index (Phi) is 6.32. The summed E-state index contributed by atoms with van der Waals surface area (Å²) in [7, 11) is 0. The number of nitrogens with zero attached hydrogens (tertiary/aromatic N) is 2. The summed E-state index contributed by atoms with van der Waals surface area (Å²) in [6.45, 7) is 12.7. The fourth-order valence-electron chi connectivity index (χ4n) is 5.01. The number of barbiturate groups is 1. The zero-order chi connectivity index (χ0) is 25.8. The van der Waals surface area contributed by atoms with Gasteiger partial charge in [0.05, 0.1) is 21.3 Å². The van der Waals surface area contributed by atoms with Crippen molar-refractivity contribution in [3.8, 4) is 0 Å². The van der Waals surface area contributed by atoms with Gasteiger partial charge in [-0.3, -0.25) is 14.9 Å². The Hall–Kier alpha value is -3.09. The highest BCUT2D eigenvalue weighted by atomic mass is 35.5. The number of amides is 4. The van der Waals surface area contributed by atoms with Crippen LogP contribution in [0, 0.1) is 6.92 Å². The smallest absolute Gasteiger partial charge is 0.336 e. The van der Waals surface area contributed by atoms with Crippen LogP contribution in [0.3, 0.4) is 0 Å². The van der Waals surface area contributed by atoms with Gasteiger partial charge in [0, 0.05) is 17.3 Å². The lowest BCUT2D eigenvalue weighted by molar-refractivity contribution is -0.122. The largest absolute Gasteiger partial charge is 0.360 e. The van der Waals surface area contributed by atoms with Gasteiger partial charge in [-0.25, -0.2) is 9.69 Å². The molecule has 0 aliphatic carbocycles. The van der Waals surface area contributed by atoms with Crippen LogP contribution in [-0.4, -0.2) is 29.4 Å². The Morgan fingerprint density at radius 2 is 1.71 bits per heavy atom. The third kappa shape index (κ3) is 4.26. The van der Waals surface area contributed by atoms with Crippen molar-refractivity contribution < 1.29 is 14.4 Å². The summed E-state index contributed by atoms with van der Waals surface area (Å²) in [6, 6.07) is 8.09. The van der Waals surface area contributed by atoms with Crippen molar-refractivity contribution in [1.82, 2.24) is 5.32 Å². The number of nitrogens with one attached hydrogen (secondary N) is 1. The number of benzene rings is 2. The minimum absolute atomic E-state index is 0.0495. The summed E-state index contributed by atoms with van der Waals surface area (Å²) < 4.78 is 0. The van der Waals surface area contributed by atoms with Crippen LogP contribution >= 0.6 is 23.2 Å². The molecule has 0 saturated carbocycles. The summed E-state index contributed by atoms with van der Waals surface area (Å²) >= 11 is 12.3. The maximum Gasteiger partial charge on any atom is 0.336 e. The van der Waals surface area contributed by atoms with E-state index in [-0.39, 0.29) is 32.9 Å². The molecule has 35 heavy (non-hydrogen) atoms. The van der Waals surface area contributed by atoms with Crippen LogP contribution in [0.25, 0.3) is 11.6 Å². The third-order valence-electron chi connectivity index (χ3n) is 6.35. The molecule has 4 rings (SSSR count). The highest BCUT2D eigenvalue weighted by molar-refractivity contribution is 6.46. The quantitative estimate of drug-likeness (QED) is 0.383. The number of carbonyl (C=O) groups excluding carboxylic acids is 3. The van der Waals surface area contributed by atoms with Crippen molar-refractivity contribution >= 4 is 64.1 Å². The summed E-state index contributed by atoms with van der Waals surface area (Å²) in [5, 5.41) is 2.48. The molecule has 0 unspecified atom stereocenters. The second-order valence-electron chi connectivity index (χ2n) is 9.70. The molecule has 182 valence electrons. The molecule has 2 aromatic rings. The first-order valence-electron chi connectivity index (χ1n) is 11.3. The molecule has 2 aromatic carbocycles. The van der Waals surface area contributed by atoms with E-state index in [0.717, 1.165) is 27.3 Å². The Morgan fingerprint density at radius 3 is 2.37 bits per heavy atom. The first-order chi connectivity index (χ1) is 16.3. The fourth-order valence-corrected chi connectivity index (χ4v) is 5.39. The van der Waals surface area contributed by atoms with Gasteiger partial charge in [0.1, 0.15) is 5.57 Å². The lowest BCUT2D eigenvalue weighted by Gasteiger charge is -2.46. The van der Waals surface area contributed by atoms with E-state index in [1.807, 2.05) is 13.0 Å². The maximum absolute atomic E-state index is 13.4. The van der Waals surface area contributed by atoms with Crippen molar-refractivity contribution in [2.45, 2.75) is 53.1 Å². The van der Waals surface area contributed by atoms with E-state index >= 15 is 0 Å². The van der Waals surface area contributed by atoms with Crippen LogP contribution in [0.1, 0.15) is 51.3 Å². The average Bonchev–Trinajstić information content (AvgIpc) is 2.73. The summed E-state index contributed by atoms with van der Waals surface area (Å²) in [5.74, 6) is -1.53. The van der Waals surface area contributed by atoms with Crippen molar-refractivity contribution in [3.63, 3.8) is 0 Å². The van der Waals surface area contributed by atoms with E-state index in [9.17, 15) is 14.4 Å². The monoisotopic (exact) mass is 511 g/mol. The Balaban J connectivity index is 1.83. The molecule has 2 aliphatic rings. The number of hydrogen-bond donors (Lipinski definition) is 1. The van der Waals surface area contributed by atoms with Gasteiger partial charge in [0.2, 0.25) is 0 Å².